The molecule has 1 heterocycles. The number of ether oxygens (including phenoxy) is 1. The molecule has 4 heteroatoms. The molecule has 98 valence electrons. The van der Waals surface area contributed by atoms with E-state index in [9.17, 15) is 9.90 Å². The summed E-state index contributed by atoms with van der Waals surface area (Å²) in [4.78, 5) is 11.1. The smallest absolute Gasteiger partial charge is 0.217 e. The lowest BCUT2D eigenvalue weighted by atomic mass is 9.93. The minimum atomic E-state index is -0.0518. The molecular weight excluding hydrogens is 242 g/mol. The average Bonchev–Trinajstić information content (AvgIpc) is 2.37. The van der Waals surface area contributed by atoms with Crippen LogP contribution in [0.3, 0.4) is 0 Å². The third-order valence-electron chi connectivity index (χ3n) is 3.29. The van der Waals surface area contributed by atoms with Crippen LogP contribution in [0.5, 0.6) is 0 Å². The highest BCUT2D eigenvalue weighted by Gasteiger charge is 2.26. The Bertz CT molecular complexity index is 591. The lowest BCUT2D eigenvalue weighted by molar-refractivity contribution is -0.119. The fourth-order valence-corrected chi connectivity index (χ4v) is 2.44. The van der Waals surface area contributed by atoms with Crippen molar-refractivity contribution in [2.45, 2.75) is 25.8 Å². The molecule has 3 aliphatic rings. The van der Waals surface area contributed by atoms with Crippen molar-refractivity contribution in [2.24, 2.45) is 0 Å². The van der Waals surface area contributed by atoms with Crippen LogP contribution in [-0.4, -0.2) is 17.1 Å². The van der Waals surface area contributed by atoms with E-state index in [0.717, 1.165) is 17.8 Å². The second kappa shape index (κ2) is 4.46. The third-order valence-corrected chi connectivity index (χ3v) is 3.29. The summed E-state index contributed by atoms with van der Waals surface area (Å²) in [5.74, 6) is 1.70. The number of aliphatic hydroxyl groups is 1. The van der Waals surface area contributed by atoms with E-state index < -0.39 is 0 Å². The lowest BCUT2D eigenvalue weighted by Gasteiger charge is -2.28. The van der Waals surface area contributed by atoms with Gasteiger partial charge in [-0.15, -0.1) is 0 Å². The van der Waals surface area contributed by atoms with Crippen molar-refractivity contribution >= 4 is 5.91 Å². The van der Waals surface area contributed by atoms with Gasteiger partial charge in [0.05, 0.1) is 11.6 Å². The van der Waals surface area contributed by atoms with E-state index in [4.69, 9.17) is 4.74 Å². The maximum atomic E-state index is 11.1. The summed E-state index contributed by atoms with van der Waals surface area (Å²) in [5.41, 5.74) is 1.61. The van der Waals surface area contributed by atoms with E-state index in [-0.39, 0.29) is 17.7 Å². The Morgan fingerprint density at radius 3 is 3.00 bits per heavy atom. The number of amides is 1. The van der Waals surface area contributed by atoms with E-state index in [1.807, 2.05) is 24.3 Å². The van der Waals surface area contributed by atoms with Gasteiger partial charge in [-0.1, -0.05) is 6.08 Å². The monoisotopic (exact) mass is 257 g/mol. The van der Waals surface area contributed by atoms with Gasteiger partial charge in [0.2, 0.25) is 5.91 Å². The van der Waals surface area contributed by atoms with Gasteiger partial charge < -0.3 is 15.2 Å². The standard InChI is InChI=1S/C15H15NO3/c1-9(17)16-11-5-6-14-10(7-11)8-12-13(18)3-2-4-15(12)19-14/h3-4,6-8,11,18H,2,5H2,1H3,(H,16,17). The highest BCUT2D eigenvalue weighted by atomic mass is 16.5. The van der Waals surface area contributed by atoms with Crippen LogP contribution >= 0.6 is 0 Å². The molecule has 1 atom stereocenters. The zero-order valence-electron chi connectivity index (χ0n) is 10.6. The van der Waals surface area contributed by atoms with Crippen LogP contribution in [0.25, 0.3) is 0 Å². The highest BCUT2D eigenvalue weighted by Crippen LogP contribution is 2.36. The Balaban J connectivity index is 1.93. The molecule has 0 bridgehead atoms. The molecule has 4 nitrogen and oxygen atoms in total. The van der Waals surface area contributed by atoms with Gasteiger partial charge in [-0.2, -0.15) is 0 Å². The maximum absolute atomic E-state index is 11.1. The molecule has 0 saturated heterocycles. The van der Waals surface area contributed by atoms with Gasteiger partial charge in [-0.25, -0.2) is 0 Å². The Kier molecular flexibility index (Phi) is 2.78. The van der Waals surface area contributed by atoms with E-state index >= 15 is 0 Å². The molecule has 0 saturated carbocycles. The molecule has 19 heavy (non-hydrogen) atoms. The van der Waals surface area contributed by atoms with Gasteiger partial charge in [0.25, 0.3) is 0 Å². The second-order valence-corrected chi connectivity index (χ2v) is 4.79. The van der Waals surface area contributed by atoms with E-state index in [1.54, 1.807) is 6.08 Å². The molecule has 0 fully saturated rings. The Hall–Kier alpha value is -2.23. The predicted octanol–water partition coefficient (Wildman–Crippen LogP) is 2.39. The SMILES string of the molecule is CC(=O)NC1C=C2C=C3C(O)=CCC=C3OC2=CC1. The summed E-state index contributed by atoms with van der Waals surface area (Å²) in [6, 6.07) is -0.0167. The Labute approximate surface area is 111 Å². The van der Waals surface area contributed by atoms with Crippen LogP contribution in [0, 0.1) is 0 Å². The summed E-state index contributed by atoms with van der Waals surface area (Å²) in [6.07, 6.45) is 10.9. The Morgan fingerprint density at radius 2 is 2.21 bits per heavy atom. The number of nitrogens with one attached hydrogen (secondary N) is 1. The van der Waals surface area contributed by atoms with Crippen molar-refractivity contribution in [3.8, 4) is 0 Å². The van der Waals surface area contributed by atoms with Crippen molar-refractivity contribution in [3.05, 3.63) is 58.8 Å². The molecule has 2 N–H and O–H groups in total. The first-order chi connectivity index (χ1) is 9.13. The number of hydrogen-bond acceptors (Lipinski definition) is 3. The summed E-state index contributed by atoms with van der Waals surface area (Å²) < 4.78 is 5.79. The third kappa shape index (κ3) is 2.21. The number of carbonyl (C=O) groups excluding carboxylic acids is 1. The van der Waals surface area contributed by atoms with E-state index in [2.05, 4.69) is 5.32 Å². The van der Waals surface area contributed by atoms with Crippen LogP contribution in [-0.2, 0) is 9.53 Å². The number of aliphatic hydroxyl groups excluding tert-OH is 1. The van der Waals surface area contributed by atoms with E-state index in [1.165, 1.54) is 6.92 Å². The van der Waals surface area contributed by atoms with Crippen LogP contribution < -0.4 is 5.32 Å². The molecule has 1 aliphatic heterocycles. The summed E-state index contributed by atoms with van der Waals surface area (Å²) in [5, 5.41) is 12.7. The van der Waals surface area contributed by atoms with Gasteiger partial charge in [0.15, 0.2) is 0 Å². The maximum Gasteiger partial charge on any atom is 0.217 e. The first-order valence-electron chi connectivity index (χ1n) is 6.32. The summed E-state index contributed by atoms with van der Waals surface area (Å²) in [7, 11) is 0. The van der Waals surface area contributed by atoms with Gasteiger partial charge >= 0.3 is 0 Å². The van der Waals surface area contributed by atoms with Crippen molar-refractivity contribution in [3.63, 3.8) is 0 Å². The van der Waals surface area contributed by atoms with Gasteiger partial charge in [0, 0.05) is 12.5 Å². The molecule has 0 radical (unpaired) electrons. The molecule has 0 aromatic rings. The van der Waals surface area contributed by atoms with Crippen LogP contribution in [0.4, 0.5) is 0 Å². The summed E-state index contributed by atoms with van der Waals surface area (Å²) >= 11 is 0. The molecule has 0 aromatic carbocycles. The van der Waals surface area contributed by atoms with Crippen LogP contribution in [0.1, 0.15) is 19.8 Å². The first-order valence-corrected chi connectivity index (χ1v) is 6.32. The fraction of sp³-hybridized carbons (Fsp3) is 0.267. The van der Waals surface area contributed by atoms with Crippen molar-refractivity contribution in [1.29, 1.82) is 0 Å². The van der Waals surface area contributed by atoms with Gasteiger partial charge in [0.1, 0.15) is 17.3 Å². The molecule has 1 amide bonds. The first kappa shape index (κ1) is 11.8. The number of rotatable bonds is 1. The quantitative estimate of drug-likeness (QED) is 0.758. The average molecular weight is 257 g/mol. The Morgan fingerprint density at radius 1 is 1.37 bits per heavy atom. The normalized spacial score (nSPS) is 24.5. The molecular formula is C15H15NO3. The topological polar surface area (TPSA) is 58.6 Å². The summed E-state index contributed by atoms with van der Waals surface area (Å²) in [6.45, 7) is 1.50. The van der Waals surface area contributed by atoms with Crippen LogP contribution in [0.2, 0.25) is 0 Å². The lowest BCUT2D eigenvalue weighted by Crippen LogP contribution is -2.33. The largest absolute Gasteiger partial charge is 0.508 e. The predicted molar refractivity (Wildman–Crippen MR) is 71.0 cm³/mol. The highest BCUT2D eigenvalue weighted by molar-refractivity contribution is 5.73. The van der Waals surface area contributed by atoms with Gasteiger partial charge in [-0.3, -0.25) is 4.79 Å². The molecule has 2 aliphatic carbocycles. The molecule has 1 unspecified atom stereocenters. The minimum Gasteiger partial charge on any atom is -0.508 e. The zero-order valence-corrected chi connectivity index (χ0v) is 10.6. The molecule has 0 spiro atoms. The van der Waals surface area contributed by atoms with Crippen molar-refractivity contribution in [1.82, 2.24) is 5.32 Å². The number of allylic oxidation sites excluding steroid dienone is 3. The fourth-order valence-electron chi connectivity index (χ4n) is 2.44. The molecule has 3 rings (SSSR count). The van der Waals surface area contributed by atoms with Gasteiger partial charge in [-0.05, 0) is 37.1 Å². The second-order valence-electron chi connectivity index (χ2n) is 4.79. The van der Waals surface area contributed by atoms with E-state index in [0.29, 0.717) is 17.8 Å². The van der Waals surface area contributed by atoms with Crippen molar-refractivity contribution in [2.75, 3.05) is 0 Å². The number of fused-ring (bicyclic) bond motifs is 2. The zero-order chi connectivity index (χ0) is 13.4. The molecule has 0 aromatic heterocycles. The van der Waals surface area contributed by atoms with Crippen molar-refractivity contribution < 1.29 is 14.6 Å². The number of hydrogen-bond donors (Lipinski definition) is 2. The van der Waals surface area contributed by atoms with Crippen LogP contribution in [0.15, 0.2) is 58.8 Å². The minimum absolute atomic E-state index is 0.0167. The number of carbonyl (C=O) groups is 1.